The third-order valence-electron chi connectivity index (χ3n) is 5.88. The summed E-state index contributed by atoms with van der Waals surface area (Å²) < 4.78 is 5.11. The molecular weight excluding hydrogens is 452 g/mol. The van der Waals surface area contributed by atoms with Gasteiger partial charge in [0.25, 0.3) is 5.91 Å². The molecule has 0 fully saturated rings. The zero-order valence-corrected chi connectivity index (χ0v) is 20.9. The lowest BCUT2D eigenvalue weighted by Crippen LogP contribution is -2.26. The van der Waals surface area contributed by atoms with E-state index < -0.39 is 5.97 Å². The van der Waals surface area contributed by atoms with Gasteiger partial charge >= 0.3 is 5.97 Å². The molecule has 3 aromatic rings. The molecule has 0 atom stereocenters. The van der Waals surface area contributed by atoms with Crippen LogP contribution in [0, 0.1) is 0 Å². The Kier molecular flexibility index (Phi) is 8.15. The molecular formula is C29H32N4O3. The lowest BCUT2D eigenvalue weighted by Gasteiger charge is -2.15. The molecule has 0 aromatic heterocycles. The summed E-state index contributed by atoms with van der Waals surface area (Å²) in [7, 11) is 4.12. The Morgan fingerprint density at radius 2 is 1.72 bits per heavy atom. The van der Waals surface area contributed by atoms with E-state index >= 15 is 0 Å². The van der Waals surface area contributed by atoms with Gasteiger partial charge < -0.3 is 25.6 Å². The van der Waals surface area contributed by atoms with Crippen LogP contribution in [0.2, 0.25) is 0 Å². The van der Waals surface area contributed by atoms with E-state index in [0.717, 1.165) is 36.4 Å². The number of amides is 1. The third-order valence-corrected chi connectivity index (χ3v) is 5.88. The maximum Gasteiger partial charge on any atom is 0.338 e. The van der Waals surface area contributed by atoms with Gasteiger partial charge in [-0.3, -0.25) is 4.79 Å². The first-order valence-corrected chi connectivity index (χ1v) is 12.1. The highest BCUT2D eigenvalue weighted by molar-refractivity contribution is 6.37. The lowest BCUT2D eigenvalue weighted by molar-refractivity contribution is -0.110. The molecule has 4 rings (SSSR count). The molecule has 0 saturated carbocycles. The molecule has 3 aromatic carbocycles. The van der Waals surface area contributed by atoms with Crippen molar-refractivity contribution in [2.45, 2.75) is 13.5 Å². The van der Waals surface area contributed by atoms with Gasteiger partial charge in [-0.15, -0.1) is 0 Å². The van der Waals surface area contributed by atoms with Crippen molar-refractivity contribution in [3.8, 4) is 0 Å². The number of nitrogens with one attached hydrogen (secondary N) is 3. The number of hydrogen-bond acceptors (Lipinski definition) is 6. The fourth-order valence-corrected chi connectivity index (χ4v) is 4.03. The molecule has 0 unspecified atom stereocenters. The zero-order chi connectivity index (χ0) is 25.5. The van der Waals surface area contributed by atoms with Crippen molar-refractivity contribution in [3.63, 3.8) is 0 Å². The van der Waals surface area contributed by atoms with Gasteiger partial charge in [0.05, 0.1) is 29.1 Å². The maximum atomic E-state index is 13.2. The zero-order valence-electron chi connectivity index (χ0n) is 20.9. The van der Waals surface area contributed by atoms with Crippen LogP contribution in [0.3, 0.4) is 0 Å². The van der Waals surface area contributed by atoms with Crippen LogP contribution in [-0.2, 0) is 16.1 Å². The average Bonchev–Trinajstić information content (AvgIpc) is 3.21. The molecule has 0 aliphatic carbocycles. The number of nitrogens with zero attached hydrogens (tertiary/aromatic N) is 1. The standard InChI is InChI=1S/C29H32N4O3/c1-4-36-29(35)22-12-15-24-25(18-22)32-28(34)26(24)27(21-8-6-5-7-9-21)31-23-13-10-20(11-14-23)19-30-16-17-33(2)3/h5-15,18,30-31H,4,16-17,19H2,1-3H3,(H,32,34)/b27-26-. The summed E-state index contributed by atoms with van der Waals surface area (Å²) in [4.78, 5) is 27.5. The smallest absolute Gasteiger partial charge is 0.338 e. The second kappa shape index (κ2) is 11.7. The van der Waals surface area contributed by atoms with Crippen molar-refractivity contribution in [3.05, 3.63) is 95.1 Å². The summed E-state index contributed by atoms with van der Waals surface area (Å²) in [6.07, 6.45) is 0. The van der Waals surface area contributed by atoms with Gasteiger partial charge in [0.1, 0.15) is 0 Å². The van der Waals surface area contributed by atoms with Crippen LogP contribution in [0.4, 0.5) is 11.4 Å². The van der Waals surface area contributed by atoms with Gasteiger partial charge in [-0.1, -0.05) is 48.5 Å². The molecule has 36 heavy (non-hydrogen) atoms. The fourth-order valence-electron chi connectivity index (χ4n) is 4.03. The van der Waals surface area contributed by atoms with Gasteiger partial charge in [-0.25, -0.2) is 4.79 Å². The highest BCUT2D eigenvalue weighted by Crippen LogP contribution is 2.38. The Labute approximate surface area is 212 Å². The minimum absolute atomic E-state index is 0.223. The van der Waals surface area contributed by atoms with Crippen LogP contribution >= 0.6 is 0 Å². The molecule has 0 bridgehead atoms. The van der Waals surface area contributed by atoms with Gasteiger partial charge in [-0.2, -0.15) is 0 Å². The first kappa shape index (κ1) is 25.2. The number of carbonyl (C=O) groups is 2. The molecule has 186 valence electrons. The Balaban J connectivity index is 1.63. The van der Waals surface area contributed by atoms with Crippen LogP contribution in [0.1, 0.15) is 34.0 Å². The number of likely N-dealkylation sites (N-methyl/N-ethyl adjacent to an activating group) is 1. The van der Waals surface area contributed by atoms with Crippen LogP contribution in [0.5, 0.6) is 0 Å². The summed E-state index contributed by atoms with van der Waals surface area (Å²) in [5.74, 6) is -0.635. The number of rotatable bonds is 10. The minimum Gasteiger partial charge on any atom is -0.462 e. The average molecular weight is 485 g/mol. The van der Waals surface area contributed by atoms with Gasteiger partial charge in [0.15, 0.2) is 0 Å². The Bertz CT molecular complexity index is 1250. The topological polar surface area (TPSA) is 82.7 Å². The van der Waals surface area contributed by atoms with Crippen LogP contribution in [0.15, 0.2) is 72.8 Å². The van der Waals surface area contributed by atoms with E-state index in [2.05, 4.69) is 47.1 Å². The van der Waals surface area contributed by atoms with Crippen molar-refractivity contribution in [1.82, 2.24) is 10.2 Å². The van der Waals surface area contributed by atoms with E-state index in [4.69, 9.17) is 4.74 Å². The number of fused-ring (bicyclic) bond motifs is 1. The number of carbonyl (C=O) groups excluding carboxylic acids is 2. The Hall–Kier alpha value is -3.94. The molecule has 1 aliphatic heterocycles. The fraction of sp³-hybridized carbons (Fsp3) is 0.241. The molecule has 1 heterocycles. The molecule has 7 heteroatoms. The van der Waals surface area contributed by atoms with Crippen molar-refractivity contribution < 1.29 is 14.3 Å². The van der Waals surface area contributed by atoms with Crippen LogP contribution < -0.4 is 16.0 Å². The SMILES string of the molecule is CCOC(=O)c1ccc2c(c1)NC(=O)/C2=C(\Nc1ccc(CNCCN(C)C)cc1)c1ccccc1. The highest BCUT2D eigenvalue weighted by Gasteiger charge is 2.29. The molecule has 0 spiro atoms. The Morgan fingerprint density at radius 1 is 0.972 bits per heavy atom. The molecule has 0 saturated heterocycles. The normalized spacial score (nSPS) is 13.8. The molecule has 1 aliphatic rings. The lowest BCUT2D eigenvalue weighted by atomic mass is 9.99. The van der Waals surface area contributed by atoms with E-state index in [1.807, 2.05) is 42.5 Å². The van der Waals surface area contributed by atoms with Crippen molar-refractivity contribution in [1.29, 1.82) is 0 Å². The molecule has 3 N–H and O–H groups in total. The number of benzene rings is 3. The van der Waals surface area contributed by atoms with Crippen LogP contribution in [0.25, 0.3) is 11.3 Å². The van der Waals surface area contributed by atoms with Crippen molar-refractivity contribution >= 4 is 34.5 Å². The highest BCUT2D eigenvalue weighted by atomic mass is 16.5. The van der Waals surface area contributed by atoms with E-state index in [-0.39, 0.29) is 5.91 Å². The molecule has 7 nitrogen and oxygen atoms in total. The summed E-state index contributed by atoms with van der Waals surface area (Å²) in [6.45, 7) is 4.75. The first-order chi connectivity index (χ1) is 17.5. The van der Waals surface area contributed by atoms with Crippen molar-refractivity contribution in [2.75, 3.05) is 44.4 Å². The number of anilines is 2. The minimum atomic E-state index is -0.412. The number of ether oxygens (including phenoxy) is 1. The van der Waals surface area contributed by atoms with Gasteiger partial charge in [-0.05, 0) is 56.4 Å². The number of hydrogen-bond donors (Lipinski definition) is 3. The van der Waals surface area contributed by atoms with E-state index in [1.165, 1.54) is 5.56 Å². The predicted molar refractivity (Wildman–Crippen MR) is 145 cm³/mol. The summed E-state index contributed by atoms with van der Waals surface area (Å²) in [6, 6.07) is 23.1. The molecule has 0 radical (unpaired) electrons. The quantitative estimate of drug-likeness (QED) is 0.224. The maximum absolute atomic E-state index is 13.2. The van der Waals surface area contributed by atoms with E-state index in [9.17, 15) is 9.59 Å². The van der Waals surface area contributed by atoms with Crippen LogP contribution in [-0.4, -0.2) is 50.6 Å². The predicted octanol–water partition coefficient (Wildman–Crippen LogP) is 4.45. The Morgan fingerprint density at radius 3 is 2.42 bits per heavy atom. The summed E-state index contributed by atoms with van der Waals surface area (Å²) in [5, 5.41) is 9.83. The summed E-state index contributed by atoms with van der Waals surface area (Å²) in [5.41, 5.74) is 5.91. The monoisotopic (exact) mass is 484 g/mol. The van der Waals surface area contributed by atoms with E-state index in [0.29, 0.717) is 29.1 Å². The molecule has 1 amide bonds. The first-order valence-electron chi connectivity index (χ1n) is 12.1. The van der Waals surface area contributed by atoms with Gasteiger partial charge in [0, 0.05) is 30.9 Å². The van der Waals surface area contributed by atoms with Crippen molar-refractivity contribution in [2.24, 2.45) is 0 Å². The van der Waals surface area contributed by atoms with Gasteiger partial charge in [0.2, 0.25) is 0 Å². The number of esters is 1. The summed E-state index contributed by atoms with van der Waals surface area (Å²) >= 11 is 0. The largest absolute Gasteiger partial charge is 0.462 e. The second-order valence-electron chi connectivity index (χ2n) is 8.85. The second-order valence-corrected chi connectivity index (χ2v) is 8.85. The third kappa shape index (κ3) is 6.00. The van der Waals surface area contributed by atoms with E-state index in [1.54, 1.807) is 25.1 Å².